The van der Waals surface area contributed by atoms with Gasteiger partial charge in [-0.3, -0.25) is 0 Å². The summed E-state index contributed by atoms with van der Waals surface area (Å²) < 4.78 is 14.4. The fourth-order valence-electron chi connectivity index (χ4n) is 2.84. The number of rotatable bonds is 4. The second kappa shape index (κ2) is 6.67. The fourth-order valence-corrected chi connectivity index (χ4v) is 3.25. The van der Waals surface area contributed by atoms with E-state index in [-0.39, 0.29) is 5.82 Å². The molecule has 1 aromatic rings. The molecule has 0 heterocycles. The van der Waals surface area contributed by atoms with Crippen molar-refractivity contribution in [3.63, 3.8) is 0 Å². The second-order valence-corrected chi connectivity index (χ2v) is 6.25. The van der Waals surface area contributed by atoms with Crippen LogP contribution in [-0.4, -0.2) is 11.2 Å². The summed E-state index contributed by atoms with van der Waals surface area (Å²) in [7, 11) is 0. The number of benzene rings is 1. The zero-order valence-corrected chi connectivity index (χ0v) is 12.1. The summed E-state index contributed by atoms with van der Waals surface area (Å²) in [4.78, 5) is 0. The average molecular weight is 315 g/mol. The third-order valence-corrected chi connectivity index (χ3v) is 4.29. The molecule has 0 amide bonds. The van der Waals surface area contributed by atoms with E-state index in [2.05, 4.69) is 15.9 Å². The zero-order valence-electron chi connectivity index (χ0n) is 10.5. The molecule has 1 aliphatic carbocycles. The summed E-state index contributed by atoms with van der Waals surface area (Å²) in [5.41, 5.74) is 0.604. The van der Waals surface area contributed by atoms with Gasteiger partial charge in [-0.15, -0.1) is 0 Å². The van der Waals surface area contributed by atoms with Crippen molar-refractivity contribution in [3.05, 3.63) is 34.1 Å². The van der Waals surface area contributed by atoms with Gasteiger partial charge in [0.25, 0.3) is 0 Å². The van der Waals surface area contributed by atoms with Crippen molar-refractivity contribution >= 4 is 15.9 Å². The molecule has 1 nitrogen and oxygen atoms in total. The Hall–Kier alpha value is -0.410. The molecular formula is C15H20BrFO. The largest absolute Gasteiger partial charge is 0.393 e. The van der Waals surface area contributed by atoms with Gasteiger partial charge < -0.3 is 5.11 Å². The Kier molecular flexibility index (Phi) is 5.19. The molecule has 1 unspecified atom stereocenters. The molecule has 1 aliphatic rings. The van der Waals surface area contributed by atoms with Crippen molar-refractivity contribution in [1.29, 1.82) is 0 Å². The summed E-state index contributed by atoms with van der Waals surface area (Å²) in [6.07, 6.45) is 7.14. The maximum absolute atomic E-state index is 13.6. The zero-order chi connectivity index (χ0) is 13.0. The molecular weight excluding hydrogens is 295 g/mol. The molecule has 0 bridgehead atoms. The molecule has 1 N–H and O–H groups in total. The smallest absolute Gasteiger partial charge is 0.126 e. The molecule has 2 rings (SSSR count). The van der Waals surface area contributed by atoms with Crippen molar-refractivity contribution in [3.8, 4) is 0 Å². The lowest BCUT2D eigenvalue weighted by atomic mass is 9.84. The Morgan fingerprint density at radius 1 is 1.28 bits per heavy atom. The molecule has 1 saturated carbocycles. The van der Waals surface area contributed by atoms with Crippen LogP contribution in [0.15, 0.2) is 22.7 Å². The highest BCUT2D eigenvalue weighted by Gasteiger charge is 2.18. The minimum Gasteiger partial charge on any atom is -0.393 e. The summed E-state index contributed by atoms with van der Waals surface area (Å²) in [5.74, 6) is 0.407. The van der Waals surface area contributed by atoms with Gasteiger partial charge in [0.1, 0.15) is 5.82 Å². The van der Waals surface area contributed by atoms with Crippen molar-refractivity contribution in [2.75, 3.05) is 0 Å². The summed E-state index contributed by atoms with van der Waals surface area (Å²) in [6.45, 7) is 0. The molecule has 18 heavy (non-hydrogen) atoms. The number of halogens is 2. The van der Waals surface area contributed by atoms with E-state index in [1.807, 2.05) is 0 Å². The predicted octanol–water partition coefficient (Wildman–Crippen LogP) is 4.46. The van der Waals surface area contributed by atoms with Crippen LogP contribution in [0.1, 0.15) is 44.1 Å². The van der Waals surface area contributed by atoms with E-state index in [1.165, 1.54) is 38.2 Å². The second-order valence-electron chi connectivity index (χ2n) is 5.33. The van der Waals surface area contributed by atoms with Gasteiger partial charge in [0, 0.05) is 10.9 Å². The van der Waals surface area contributed by atoms with Crippen molar-refractivity contribution in [2.45, 2.75) is 51.0 Å². The Morgan fingerprint density at radius 2 is 2.00 bits per heavy atom. The summed E-state index contributed by atoms with van der Waals surface area (Å²) in [6, 6.07) is 4.90. The fraction of sp³-hybridized carbons (Fsp3) is 0.600. The highest BCUT2D eigenvalue weighted by molar-refractivity contribution is 9.10. The van der Waals surface area contributed by atoms with Crippen LogP contribution >= 0.6 is 15.9 Å². The van der Waals surface area contributed by atoms with Crippen LogP contribution in [0.3, 0.4) is 0 Å². The van der Waals surface area contributed by atoms with Crippen LogP contribution in [-0.2, 0) is 6.42 Å². The topological polar surface area (TPSA) is 20.2 Å². The minimum atomic E-state index is -0.420. The summed E-state index contributed by atoms with van der Waals surface area (Å²) in [5, 5.41) is 10.1. The first-order valence-electron chi connectivity index (χ1n) is 6.77. The lowest BCUT2D eigenvalue weighted by Gasteiger charge is -2.24. The van der Waals surface area contributed by atoms with Gasteiger partial charge in [0.2, 0.25) is 0 Å². The van der Waals surface area contributed by atoms with E-state index in [1.54, 1.807) is 12.1 Å². The highest BCUT2D eigenvalue weighted by Crippen LogP contribution is 2.28. The molecule has 0 saturated heterocycles. The van der Waals surface area contributed by atoms with Gasteiger partial charge in [-0.1, -0.05) is 48.0 Å². The Morgan fingerprint density at radius 3 is 2.72 bits per heavy atom. The maximum atomic E-state index is 13.6. The van der Waals surface area contributed by atoms with Crippen molar-refractivity contribution in [1.82, 2.24) is 0 Å². The Balaban J connectivity index is 1.89. The van der Waals surface area contributed by atoms with Crippen LogP contribution in [0.25, 0.3) is 0 Å². The predicted molar refractivity (Wildman–Crippen MR) is 75.0 cm³/mol. The van der Waals surface area contributed by atoms with Crippen LogP contribution in [0, 0.1) is 11.7 Å². The Labute approximate surface area is 117 Å². The first-order chi connectivity index (χ1) is 8.65. The average Bonchev–Trinajstić information content (AvgIpc) is 2.35. The van der Waals surface area contributed by atoms with Crippen LogP contribution in [0.4, 0.5) is 4.39 Å². The van der Waals surface area contributed by atoms with Gasteiger partial charge in [-0.05, 0) is 36.1 Å². The van der Waals surface area contributed by atoms with E-state index >= 15 is 0 Å². The quantitative estimate of drug-likeness (QED) is 0.869. The molecule has 0 aliphatic heterocycles. The minimum absolute atomic E-state index is 0.221. The summed E-state index contributed by atoms with van der Waals surface area (Å²) >= 11 is 3.34. The first kappa shape index (κ1) is 14.0. The number of hydrogen-bond donors (Lipinski definition) is 1. The molecule has 1 atom stereocenters. The van der Waals surface area contributed by atoms with Crippen molar-refractivity contribution in [2.24, 2.45) is 5.92 Å². The third kappa shape index (κ3) is 4.06. The van der Waals surface area contributed by atoms with Gasteiger partial charge in [-0.2, -0.15) is 0 Å². The van der Waals surface area contributed by atoms with Gasteiger partial charge in [-0.25, -0.2) is 4.39 Å². The van der Waals surface area contributed by atoms with E-state index in [0.29, 0.717) is 17.9 Å². The normalized spacial score (nSPS) is 18.8. The lowest BCUT2D eigenvalue weighted by Crippen LogP contribution is -2.18. The van der Waals surface area contributed by atoms with E-state index in [0.717, 1.165) is 10.9 Å². The maximum Gasteiger partial charge on any atom is 0.126 e. The molecule has 3 heteroatoms. The first-order valence-corrected chi connectivity index (χ1v) is 7.56. The monoisotopic (exact) mass is 314 g/mol. The van der Waals surface area contributed by atoms with Crippen molar-refractivity contribution < 1.29 is 9.50 Å². The third-order valence-electron chi connectivity index (χ3n) is 3.79. The molecule has 0 radical (unpaired) electrons. The number of aliphatic hydroxyl groups excluding tert-OH is 1. The lowest BCUT2D eigenvalue weighted by molar-refractivity contribution is 0.129. The van der Waals surface area contributed by atoms with Crippen LogP contribution < -0.4 is 0 Å². The molecule has 1 aromatic carbocycles. The molecule has 0 spiro atoms. The number of hydrogen-bond acceptors (Lipinski definition) is 1. The van der Waals surface area contributed by atoms with Crippen LogP contribution in [0.5, 0.6) is 0 Å². The van der Waals surface area contributed by atoms with Gasteiger partial charge >= 0.3 is 0 Å². The van der Waals surface area contributed by atoms with Crippen LogP contribution in [0.2, 0.25) is 0 Å². The van der Waals surface area contributed by atoms with E-state index in [9.17, 15) is 9.50 Å². The molecule has 0 aromatic heterocycles. The van der Waals surface area contributed by atoms with E-state index in [4.69, 9.17) is 0 Å². The van der Waals surface area contributed by atoms with Gasteiger partial charge in [0.15, 0.2) is 0 Å². The molecule has 1 fully saturated rings. The number of aliphatic hydroxyl groups is 1. The standard InChI is InChI=1S/C15H20BrFO/c16-13-6-7-15(17)12(9-13)10-14(18)8-11-4-2-1-3-5-11/h6-7,9,11,14,18H,1-5,8,10H2. The molecule has 100 valence electrons. The Bertz CT molecular complexity index is 388. The SMILES string of the molecule is OC(Cc1cc(Br)ccc1F)CC1CCCCC1. The van der Waals surface area contributed by atoms with E-state index < -0.39 is 6.10 Å². The highest BCUT2D eigenvalue weighted by atomic mass is 79.9. The van der Waals surface area contributed by atoms with Gasteiger partial charge in [0.05, 0.1) is 6.10 Å².